The molecular formula is C14H15BrClN3O. The predicted molar refractivity (Wildman–Crippen MR) is 85.1 cm³/mol. The quantitative estimate of drug-likeness (QED) is 0.802. The number of ether oxygens (including phenoxy) is 1. The molecule has 0 aliphatic rings. The normalized spacial score (nSPS) is 10.7. The van der Waals surface area contributed by atoms with E-state index in [9.17, 15) is 0 Å². The summed E-state index contributed by atoms with van der Waals surface area (Å²) in [4.78, 5) is 8.31. The minimum Gasteiger partial charge on any atom is -0.496 e. The van der Waals surface area contributed by atoms with E-state index in [1.54, 1.807) is 7.11 Å². The minimum absolute atomic E-state index is 0.230. The van der Waals surface area contributed by atoms with Crippen LogP contribution in [0.25, 0.3) is 0 Å². The standard InChI is InChI=1S/C14H15BrClN3O/c1-8(2)12-13(16)17-7-18-14(12)19-9-4-5-11(20-3)10(15)6-9/h4-8H,1-3H3,(H,17,18,19). The number of halogens is 2. The first-order chi connectivity index (χ1) is 9.52. The van der Waals surface area contributed by atoms with Crippen molar-refractivity contribution >= 4 is 39.0 Å². The van der Waals surface area contributed by atoms with Gasteiger partial charge in [0.15, 0.2) is 0 Å². The van der Waals surface area contributed by atoms with Gasteiger partial charge in [-0.3, -0.25) is 0 Å². The molecule has 0 unspecified atom stereocenters. The Morgan fingerprint density at radius 2 is 2.05 bits per heavy atom. The fourth-order valence-electron chi connectivity index (χ4n) is 1.87. The van der Waals surface area contributed by atoms with Gasteiger partial charge in [0, 0.05) is 11.3 Å². The number of benzene rings is 1. The second-order valence-corrected chi connectivity index (χ2v) is 5.77. The topological polar surface area (TPSA) is 47.0 Å². The third-order valence-electron chi connectivity index (χ3n) is 2.83. The zero-order valence-corrected chi connectivity index (χ0v) is 13.8. The highest BCUT2D eigenvalue weighted by atomic mass is 79.9. The predicted octanol–water partition coefficient (Wildman–Crippen LogP) is 4.77. The van der Waals surface area contributed by atoms with Crippen LogP contribution in [0.1, 0.15) is 25.3 Å². The van der Waals surface area contributed by atoms with Gasteiger partial charge in [-0.2, -0.15) is 0 Å². The summed E-state index contributed by atoms with van der Waals surface area (Å²) in [6, 6.07) is 5.73. The van der Waals surface area contributed by atoms with Crippen molar-refractivity contribution in [3.05, 3.63) is 39.7 Å². The average molecular weight is 357 g/mol. The van der Waals surface area contributed by atoms with Crippen LogP contribution in [-0.4, -0.2) is 17.1 Å². The molecule has 0 atom stereocenters. The van der Waals surface area contributed by atoms with E-state index >= 15 is 0 Å². The van der Waals surface area contributed by atoms with E-state index in [0.29, 0.717) is 5.15 Å². The molecule has 0 bridgehead atoms. The molecule has 2 rings (SSSR count). The summed E-state index contributed by atoms with van der Waals surface area (Å²) in [5, 5.41) is 3.74. The smallest absolute Gasteiger partial charge is 0.138 e. The fourth-order valence-corrected chi connectivity index (χ4v) is 2.76. The van der Waals surface area contributed by atoms with E-state index in [4.69, 9.17) is 16.3 Å². The summed E-state index contributed by atoms with van der Waals surface area (Å²) in [6.45, 7) is 4.11. The Morgan fingerprint density at radius 3 is 2.65 bits per heavy atom. The average Bonchev–Trinajstić information content (AvgIpc) is 2.38. The summed E-state index contributed by atoms with van der Waals surface area (Å²) in [6.07, 6.45) is 1.45. The Kier molecular flexibility index (Phi) is 4.83. The molecule has 0 aliphatic heterocycles. The number of rotatable bonds is 4. The summed E-state index contributed by atoms with van der Waals surface area (Å²) in [5.74, 6) is 1.73. The first-order valence-electron chi connectivity index (χ1n) is 6.14. The Balaban J connectivity index is 2.35. The van der Waals surface area contributed by atoms with Crippen molar-refractivity contribution in [3.63, 3.8) is 0 Å². The van der Waals surface area contributed by atoms with Crippen LogP contribution in [0, 0.1) is 0 Å². The summed E-state index contributed by atoms with van der Waals surface area (Å²) >= 11 is 9.61. The molecule has 0 saturated carbocycles. The summed E-state index contributed by atoms with van der Waals surface area (Å²) in [5.41, 5.74) is 1.80. The maximum Gasteiger partial charge on any atom is 0.138 e. The summed E-state index contributed by atoms with van der Waals surface area (Å²) in [7, 11) is 1.63. The molecule has 0 radical (unpaired) electrons. The van der Waals surface area contributed by atoms with Crippen LogP contribution in [0.15, 0.2) is 29.0 Å². The van der Waals surface area contributed by atoms with Crippen molar-refractivity contribution in [2.75, 3.05) is 12.4 Å². The number of aromatic nitrogens is 2. The molecule has 1 aromatic heterocycles. The highest BCUT2D eigenvalue weighted by Crippen LogP contribution is 2.32. The molecule has 1 N–H and O–H groups in total. The number of hydrogen-bond donors (Lipinski definition) is 1. The van der Waals surface area contributed by atoms with E-state index in [1.807, 2.05) is 18.2 Å². The zero-order chi connectivity index (χ0) is 14.7. The lowest BCUT2D eigenvalue weighted by atomic mass is 10.1. The highest BCUT2D eigenvalue weighted by molar-refractivity contribution is 9.10. The summed E-state index contributed by atoms with van der Waals surface area (Å²) < 4.78 is 6.08. The van der Waals surface area contributed by atoms with Crippen LogP contribution in [0.5, 0.6) is 5.75 Å². The third kappa shape index (κ3) is 3.22. The number of nitrogens with zero attached hydrogens (tertiary/aromatic N) is 2. The molecule has 1 heterocycles. The Hall–Kier alpha value is -1.33. The van der Waals surface area contributed by atoms with E-state index < -0.39 is 0 Å². The largest absolute Gasteiger partial charge is 0.496 e. The second kappa shape index (κ2) is 6.41. The number of nitrogens with one attached hydrogen (secondary N) is 1. The molecule has 0 aliphatic carbocycles. The molecule has 2 aromatic rings. The van der Waals surface area contributed by atoms with Crippen LogP contribution in [0.2, 0.25) is 5.15 Å². The molecule has 0 amide bonds. The van der Waals surface area contributed by atoms with Gasteiger partial charge in [0.25, 0.3) is 0 Å². The lowest BCUT2D eigenvalue weighted by Gasteiger charge is -2.15. The Labute approximate surface area is 131 Å². The van der Waals surface area contributed by atoms with Gasteiger partial charge in [-0.15, -0.1) is 0 Å². The van der Waals surface area contributed by atoms with Gasteiger partial charge in [0.2, 0.25) is 0 Å². The molecule has 4 nitrogen and oxygen atoms in total. The highest BCUT2D eigenvalue weighted by Gasteiger charge is 2.14. The van der Waals surface area contributed by atoms with Gasteiger partial charge in [-0.25, -0.2) is 9.97 Å². The van der Waals surface area contributed by atoms with E-state index in [1.165, 1.54) is 6.33 Å². The van der Waals surface area contributed by atoms with Crippen LogP contribution in [0.4, 0.5) is 11.5 Å². The molecular weight excluding hydrogens is 342 g/mol. The van der Waals surface area contributed by atoms with Gasteiger partial charge in [0.05, 0.1) is 11.6 Å². The molecule has 1 aromatic carbocycles. The molecule has 6 heteroatoms. The van der Waals surface area contributed by atoms with Crippen LogP contribution in [0.3, 0.4) is 0 Å². The zero-order valence-electron chi connectivity index (χ0n) is 11.4. The Bertz CT molecular complexity index is 619. The monoisotopic (exact) mass is 355 g/mol. The van der Waals surface area contributed by atoms with E-state index in [0.717, 1.165) is 27.3 Å². The van der Waals surface area contributed by atoms with Crippen LogP contribution < -0.4 is 10.1 Å². The molecule has 106 valence electrons. The van der Waals surface area contributed by atoms with E-state index in [2.05, 4.69) is 45.1 Å². The Morgan fingerprint density at radius 1 is 1.30 bits per heavy atom. The number of hydrogen-bond acceptors (Lipinski definition) is 4. The van der Waals surface area contributed by atoms with Gasteiger partial charge >= 0.3 is 0 Å². The third-order valence-corrected chi connectivity index (χ3v) is 3.75. The number of methoxy groups -OCH3 is 1. The maximum absolute atomic E-state index is 6.15. The van der Waals surface area contributed by atoms with Crippen LogP contribution >= 0.6 is 27.5 Å². The van der Waals surface area contributed by atoms with Crippen molar-refractivity contribution in [1.29, 1.82) is 0 Å². The fraction of sp³-hybridized carbons (Fsp3) is 0.286. The van der Waals surface area contributed by atoms with Gasteiger partial charge < -0.3 is 10.1 Å². The van der Waals surface area contributed by atoms with Gasteiger partial charge in [-0.1, -0.05) is 25.4 Å². The van der Waals surface area contributed by atoms with Crippen molar-refractivity contribution < 1.29 is 4.74 Å². The second-order valence-electron chi connectivity index (χ2n) is 4.56. The lowest BCUT2D eigenvalue weighted by Crippen LogP contribution is -2.03. The van der Waals surface area contributed by atoms with Crippen molar-refractivity contribution in [2.24, 2.45) is 0 Å². The maximum atomic E-state index is 6.15. The SMILES string of the molecule is COc1ccc(Nc2ncnc(Cl)c2C(C)C)cc1Br. The molecule has 0 spiro atoms. The number of anilines is 2. The first kappa shape index (κ1) is 15.1. The van der Waals surface area contributed by atoms with Crippen molar-refractivity contribution in [2.45, 2.75) is 19.8 Å². The minimum atomic E-state index is 0.230. The van der Waals surface area contributed by atoms with Gasteiger partial charge in [-0.05, 0) is 40.0 Å². The lowest BCUT2D eigenvalue weighted by molar-refractivity contribution is 0.412. The van der Waals surface area contributed by atoms with Crippen molar-refractivity contribution in [3.8, 4) is 5.75 Å². The molecule has 0 saturated heterocycles. The van der Waals surface area contributed by atoms with Crippen LogP contribution in [-0.2, 0) is 0 Å². The molecule has 20 heavy (non-hydrogen) atoms. The van der Waals surface area contributed by atoms with Crippen molar-refractivity contribution in [1.82, 2.24) is 9.97 Å². The van der Waals surface area contributed by atoms with E-state index in [-0.39, 0.29) is 5.92 Å². The molecule has 0 fully saturated rings. The first-order valence-corrected chi connectivity index (χ1v) is 7.31. The van der Waals surface area contributed by atoms with Gasteiger partial charge in [0.1, 0.15) is 23.0 Å².